The van der Waals surface area contributed by atoms with E-state index < -0.39 is 5.97 Å². The Hall–Kier alpha value is -0.530. The summed E-state index contributed by atoms with van der Waals surface area (Å²) in [5, 5.41) is 10.5. The fraction of sp³-hybridized carbons (Fsp3) is 0.889. The largest absolute Gasteiger partial charge is 0.358 e. The van der Waals surface area contributed by atoms with Crippen LogP contribution in [0.1, 0.15) is 44.9 Å². The van der Waals surface area contributed by atoms with Crippen molar-refractivity contribution in [3.63, 3.8) is 0 Å². The van der Waals surface area contributed by atoms with E-state index in [0.717, 1.165) is 25.7 Å². The maximum absolute atomic E-state index is 10.5. The average molecular weight is 155 g/mol. The molecule has 0 heterocycles. The van der Waals surface area contributed by atoms with Crippen LogP contribution in [0.2, 0.25) is 0 Å². The van der Waals surface area contributed by atoms with E-state index in [4.69, 9.17) is 0 Å². The van der Waals surface area contributed by atoms with Gasteiger partial charge >= 0.3 is 5.97 Å². The van der Waals surface area contributed by atoms with Crippen LogP contribution in [-0.4, -0.2) is 5.97 Å². The van der Waals surface area contributed by atoms with E-state index in [9.17, 15) is 9.90 Å². The minimum Gasteiger partial charge on any atom is -0.247 e. The molecule has 1 aliphatic rings. The molecular weight excluding hydrogens is 140 g/mol. The predicted molar refractivity (Wildman–Crippen MR) is 41.5 cm³/mol. The fourth-order valence-electron chi connectivity index (χ4n) is 1.69. The first kappa shape index (κ1) is 8.57. The molecule has 0 bridgehead atoms. The summed E-state index contributed by atoms with van der Waals surface area (Å²) in [6.45, 7) is 0. The monoisotopic (exact) mass is 155 g/mol. The van der Waals surface area contributed by atoms with Crippen molar-refractivity contribution in [2.45, 2.75) is 44.9 Å². The highest BCUT2D eigenvalue weighted by atomic mass is 16.4. The van der Waals surface area contributed by atoms with E-state index >= 15 is 0 Å². The van der Waals surface area contributed by atoms with Gasteiger partial charge in [0.25, 0.3) is 0 Å². The minimum absolute atomic E-state index is 0.157. The van der Waals surface area contributed by atoms with Crippen molar-refractivity contribution in [2.75, 3.05) is 0 Å². The lowest BCUT2D eigenvalue weighted by molar-refractivity contribution is -0.148. The Bertz CT molecular complexity index is 124. The fourth-order valence-corrected chi connectivity index (χ4v) is 1.69. The predicted octanol–water partition coefficient (Wildman–Crippen LogP) is 2.30. The number of carbonyl (C=O) groups excluding carboxylic acids is 1. The molecule has 0 unspecified atom stereocenters. The van der Waals surface area contributed by atoms with Gasteiger partial charge in [-0.2, -0.15) is 0 Å². The summed E-state index contributed by atoms with van der Waals surface area (Å²) >= 11 is 0. The third-order valence-electron chi connectivity index (χ3n) is 2.44. The number of hydrogen-bond donors (Lipinski definition) is 0. The van der Waals surface area contributed by atoms with Gasteiger partial charge in [-0.3, -0.25) is 0 Å². The number of carbonyl (C=O) groups is 1. The zero-order valence-electron chi connectivity index (χ0n) is 6.84. The lowest BCUT2D eigenvalue weighted by Gasteiger charge is -2.13. The molecule has 63 valence electrons. The van der Waals surface area contributed by atoms with Gasteiger partial charge in [0.2, 0.25) is 0 Å². The topological polar surface area (TPSA) is 37.0 Å². The highest BCUT2D eigenvalue weighted by molar-refractivity contribution is 5.69. The molecular formula is C9H15O2. The van der Waals surface area contributed by atoms with Gasteiger partial charge in [-0.15, -0.1) is 0 Å². The maximum Gasteiger partial charge on any atom is 0.358 e. The number of hydrogen-bond acceptors (Lipinski definition) is 1. The molecule has 0 saturated heterocycles. The molecule has 0 amide bonds. The van der Waals surface area contributed by atoms with Gasteiger partial charge in [-0.1, -0.05) is 32.1 Å². The summed E-state index contributed by atoms with van der Waals surface area (Å²) < 4.78 is 0. The molecule has 1 saturated carbocycles. The summed E-state index contributed by atoms with van der Waals surface area (Å²) in [6.07, 6.45) is 7.48. The number of rotatable bonds is 1. The van der Waals surface area contributed by atoms with E-state index in [0.29, 0.717) is 0 Å². The molecule has 2 nitrogen and oxygen atoms in total. The van der Waals surface area contributed by atoms with Crippen LogP contribution in [0.5, 0.6) is 0 Å². The van der Waals surface area contributed by atoms with Crippen LogP contribution in [0.25, 0.3) is 0 Å². The van der Waals surface area contributed by atoms with Crippen molar-refractivity contribution in [3.8, 4) is 0 Å². The standard InChI is InChI=1S/C9H15O2/c10-9(11)8-6-4-2-1-3-5-7-8/h8H,1-7H2. The lowest BCUT2D eigenvalue weighted by atomic mass is 9.91. The molecule has 2 heteroatoms. The highest BCUT2D eigenvalue weighted by Gasteiger charge is 2.19. The molecule has 0 aromatic carbocycles. The first-order valence-corrected chi connectivity index (χ1v) is 4.51. The Morgan fingerprint density at radius 3 is 1.82 bits per heavy atom. The second-order valence-corrected chi connectivity index (χ2v) is 3.36. The lowest BCUT2D eigenvalue weighted by Crippen LogP contribution is -2.13. The van der Waals surface area contributed by atoms with Crippen LogP contribution in [0.4, 0.5) is 0 Å². The van der Waals surface area contributed by atoms with Crippen LogP contribution in [0.3, 0.4) is 0 Å². The minimum atomic E-state index is -0.841. The summed E-state index contributed by atoms with van der Waals surface area (Å²) in [6, 6.07) is 0. The Labute approximate surface area is 67.6 Å². The molecule has 0 aliphatic heterocycles. The first-order valence-electron chi connectivity index (χ1n) is 4.51. The average Bonchev–Trinajstić information content (AvgIpc) is 1.84. The zero-order chi connectivity index (χ0) is 8.10. The van der Waals surface area contributed by atoms with E-state index in [1.807, 2.05) is 0 Å². The summed E-state index contributed by atoms with van der Waals surface area (Å²) in [5.74, 6) is -0.998. The second kappa shape index (κ2) is 4.37. The van der Waals surface area contributed by atoms with E-state index in [2.05, 4.69) is 0 Å². The van der Waals surface area contributed by atoms with Crippen LogP contribution in [0, 0.1) is 5.92 Å². The van der Waals surface area contributed by atoms with Crippen molar-refractivity contribution >= 4 is 5.97 Å². The van der Waals surface area contributed by atoms with Gasteiger partial charge in [0.1, 0.15) is 0 Å². The smallest absolute Gasteiger partial charge is 0.247 e. The molecule has 0 spiro atoms. The third kappa shape index (κ3) is 2.91. The summed E-state index contributed by atoms with van der Waals surface area (Å²) in [4.78, 5) is 10.5. The third-order valence-corrected chi connectivity index (χ3v) is 2.44. The Morgan fingerprint density at radius 2 is 1.36 bits per heavy atom. The summed E-state index contributed by atoms with van der Waals surface area (Å²) in [5.41, 5.74) is 0. The molecule has 1 radical (unpaired) electrons. The van der Waals surface area contributed by atoms with Crippen molar-refractivity contribution in [1.82, 2.24) is 0 Å². The van der Waals surface area contributed by atoms with Gasteiger partial charge in [0.05, 0.1) is 5.92 Å². The molecule has 0 N–H and O–H groups in total. The Balaban J connectivity index is 2.32. The molecule has 1 fully saturated rings. The van der Waals surface area contributed by atoms with Crippen molar-refractivity contribution in [3.05, 3.63) is 0 Å². The van der Waals surface area contributed by atoms with E-state index in [-0.39, 0.29) is 5.92 Å². The van der Waals surface area contributed by atoms with Crippen LogP contribution in [-0.2, 0) is 9.90 Å². The van der Waals surface area contributed by atoms with E-state index in [1.165, 1.54) is 19.3 Å². The Kier molecular flexibility index (Phi) is 3.40. The molecule has 11 heavy (non-hydrogen) atoms. The highest BCUT2D eigenvalue weighted by Crippen LogP contribution is 2.22. The molecule has 1 aliphatic carbocycles. The Morgan fingerprint density at radius 1 is 0.909 bits per heavy atom. The van der Waals surface area contributed by atoms with Gasteiger partial charge in [-0.05, 0) is 12.8 Å². The van der Waals surface area contributed by atoms with Crippen molar-refractivity contribution < 1.29 is 9.90 Å². The van der Waals surface area contributed by atoms with E-state index in [1.54, 1.807) is 0 Å². The van der Waals surface area contributed by atoms with Crippen molar-refractivity contribution in [1.29, 1.82) is 0 Å². The van der Waals surface area contributed by atoms with Gasteiger partial charge in [-0.25, -0.2) is 9.90 Å². The molecule has 1 rings (SSSR count). The SMILES string of the molecule is [O]C(=O)C1CCCCCCC1. The van der Waals surface area contributed by atoms with Gasteiger partial charge in [0.15, 0.2) is 0 Å². The van der Waals surface area contributed by atoms with Crippen molar-refractivity contribution in [2.24, 2.45) is 5.92 Å². The van der Waals surface area contributed by atoms with Gasteiger partial charge < -0.3 is 0 Å². The first-order chi connectivity index (χ1) is 5.30. The van der Waals surface area contributed by atoms with Crippen LogP contribution >= 0.6 is 0 Å². The molecule has 0 aromatic rings. The maximum atomic E-state index is 10.5. The van der Waals surface area contributed by atoms with Crippen LogP contribution < -0.4 is 0 Å². The second-order valence-electron chi connectivity index (χ2n) is 3.36. The van der Waals surface area contributed by atoms with Gasteiger partial charge in [0, 0.05) is 0 Å². The quantitative estimate of drug-likeness (QED) is 0.572. The molecule has 0 aromatic heterocycles. The summed E-state index contributed by atoms with van der Waals surface area (Å²) in [7, 11) is 0. The van der Waals surface area contributed by atoms with Crippen LogP contribution in [0.15, 0.2) is 0 Å². The zero-order valence-corrected chi connectivity index (χ0v) is 6.84. The normalized spacial score (nSPS) is 22.2. The molecule has 0 atom stereocenters.